The van der Waals surface area contributed by atoms with E-state index in [9.17, 15) is 14.4 Å². The number of aromatic amines is 1. The van der Waals surface area contributed by atoms with Crippen LogP contribution in [-0.2, 0) is 13.6 Å². The number of terminal acetylenes is 1. The van der Waals surface area contributed by atoms with Crippen LogP contribution in [0.4, 0.5) is 8.78 Å². The number of hydrogen-bond acceptors (Lipinski definition) is 6. The van der Waals surface area contributed by atoms with Crippen molar-refractivity contribution >= 4 is 10.8 Å². The van der Waals surface area contributed by atoms with Crippen LogP contribution in [-0.4, -0.2) is 32.3 Å². The minimum Gasteiger partial charge on any atom is -0.486 e. The summed E-state index contributed by atoms with van der Waals surface area (Å²) in [5.41, 5.74) is 6.88. The summed E-state index contributed by atoms with van der Waals surface area (Å²) in [6.45, 7) is 0.0888. The normalized spacial score (nSPS) is 16.6. The molecule has 35 heavy (non-hydrogen) atoms. The number of nitrogens with zero attached hydrogens (tertiary/aromatic N) is 4. The highest BCUT2D eigenvalue weighted by Crippen LogP contribution is 2.42. The van der Waals surface area contributed by atoms with Crippen LogP contribution in [0.3, 0.4) is 0 Å². The predicted octanol–water partition coefficient (Wildman–Crippen LogP) is 2.93. The summed E-state index contributed by atoms with van der Waals surface area (Å²) in [5.74, 6) is 1.48. The molecule has 0 spiro atoms. The monoisotopic (exact) mass is 472 g/mol. The molecule has 0 aliphatic heterocycles. The van der Waals surface area contributed by atoms with Gasteiger partial charge in [0.05, 0.1) is 34.1 Å². The highest BCUT2D eigenvalue weighted by Gasteiger charge is 2.41. The topological polar surface area (TPSA) is 123 Å². The van der Waals surface area contributed by atoms with Crippen LogP contribution in [0.5, 0.6) is 5.75 Å². The summed E-state index contributed by atoms with van der Waals surface area (Å²) in [5, 5.41) is 21.6. The van der Waals surface area contributed by atoms with E-state index in [-0.39, 0.29) is 46.7 Å². The standard InChI is InChI=1S/C25H18F2N6O2/c1-3-12-7-20(35-21-8-18(21)26)16(9-28)22(23(12)27)24-17(11-30-33(24)2)13-4-5-14-15(6-13)19(10-29)31-32-25(14)34/h1,4-7,11,18,21H,8,10,29H2,2H3,(H,32,34)/t18-,21-/m0/s1. The van der Waals surface area contributed by atoms with E-state index in [0.717, 1.165) is 0 Å². The molecule has 2 aromatic carbocycles. The van der Waals surface area contributed by atoms with E-state index in [4.69, 9.17) is 16.9 Å². The van der Waals surface area contributed by atoms with Crippen LogP contribution < -0.4 is 16.0 Å². The molecule has 2 heterocycles. The van der Waals surface area contributed by atoms with Gasteiger partial charge >= 0.3 is 0 Å². The molecule has 8 nitrogen and oxygen atoms in total. The fourth-order valence-corrected chi connectivity index (χ4v) is 4.08. The van der Waals surface area contributed by atoms with E-state index in [0.29, 0.717) is 27.6 Å². The van der Waals surface area contributed by atoms with E-state index in [2.05, 4.69) is 21.2 Å². The van der Waals surface area contributed by atoms with Crippen LogP contribution in [0.25, 0.3) is 33.2 Å². The Morgan fingerprint density at radius 2 is 2.14 bits per heavy atom. The number of alkyl halides is 1. The van der Waals surface area contributed by atoms with Gasteiger partial charge in [-0.2, -0.15) is 15.5 Å². The average molecular weight is 472 g/mol. The maximum Gasteiger partial charge on any atom is 0.272 e. The first-order valence-corrected chi connectivity index (χ1v) is 10.7. The molecule has 1 aliphatic carbocycles. The third kappa shape index (κ3) is 3.61. The van der Waals surface area contributed by atoms with E-state index < -0.39 is 18.1 Å². The molecule has 0 amide bonds. The second kappa shape index (κ2) is 8.35. The number of aromatic nitrogens is 4. The van der Waals surface area contributed by atoms with Gasteiger partial charge in [0.2, 0.25) is 0 Å². The first-order chi connectivity index (χ1) is 16.9. The predicted molar refractivity (Wildman–Crippen MR) is 124 cm³/mol. The van der Waals surface area contributed by atoms with Gasteiger partial charge in [0.25, 0.3) is 5.56 Å². The van der Waals surface area contributed by atoms with Crippen molar-refractivity contribution in [1.29, 1.82) is 5.26 Å². The number of nitrogens with two attached hydrogens (primary N) is 1. The fourth-order valence-electron chi connectivity index (χ4n) is 4.08. The van der Waals surface area contributed by atoms with Gasteiger partial charge in [-0.05, 0) is 17.7 Å². The molecule has 2 aromatic heterocycles. The lowest BCUT2D eigenvalue weighted by molar-refractivity contribution is 0.260. The molecular weight excluding hydrogens is 454 g/mol. The summed E-state index contributed by atoms with van der Waals surface area (Å²) < 4.78 is 36.2. The molecule has 0 bridgehead atoms. The Labute approximate surface area is 197 Å². The Kier molecular flexibility index (Phi) is 5.31. The Morgan fingerprint density at radius 3 is 2.80 bits per heavy atom. The van der Waals surface area contributed by atoms with Crippen LogP contribution in [0.15, 0.2) is 35.3 Å². The lowest BCUT2D eigenvalue weighted by atomic mass is 9.94. The molecule has 3 N–H and O–H groups in total. The highest BCUT2D eigenvalue weighted by atomic mass is 19.1. The summed E-state index contributed by atoms with van der Waals surface area (Å²) >= 11 is 0. The van der Waals surface area contributed by atoms with Crippen molar-refractivity contribution in [3.63, 3.8) is 0 Å². The van der Waals surface area contributed by atoms with Gasteiger partial charge in [-0.3, -0.25) is 9.48 Å². The molecular formula is C25H18F2N6O2. The number of nitrogens with one attached hydrogen (secondary N) is 1. The molecule has 1 aliphatic rings. The largest absolute Gasteiger partial charge is 0.486 e. The summed E-state index contributed by atoms with van der Waals surface area (Å²) in [6.07, 6.45) is 5.37. The van der Waals surface area contributed by atoms with Crippen molar-refractivity contribution in [3.05, 3.63) is 63.5 Å². The number of halogens is 2. The zero-order valence-electron chi connectivity index (χ0n) is 18.5. The molecule has 5 rings (SSSR count). The molecule has 1 fully saturated rings. The molecule has 174 valence electrons. The smallest absolute Gasteiger partial charge is 0.272 e. The van der Waals surface area contributed by atoms with Crippen LogP contribution in [0.1, 0.15) is 23.2 Å². The van der Waals surface area contributed by atoms with Gasteiger partial charge in [-0.15, -0.1) is 6.42 Å². The minimum absolute atomic E-state index is 0.00816. The maximum atomic E-state index is 15.7. The number of ether oxygens (including phenoxy) is 1. The number of aryl methyl sites for hydroxylation is 1. The van der Waals surface area contributed by atoms with Gasteiger partial charge in [0.1, 0.15) is 35.5 Å². The van der Waals surface area contributed by atoms with E-state index in [1.165, 1.54) is 16.9 Å². The Bertz CT molecular complexity index is 1640. The Balaban J connectivity index is 1.77. The van der Waals surface area contributed by atoms with Crippen LogP contribution in [0, 0.1) is 29.5 Å². The van der Waals surface area contributed by atoms with Crippen molar-refractivity contribution in [2.24, 2.45) is 12.8 Å². The van der Waals surface area contributed by atoms with Gasteiger partial charge in [0, 0.05) is 37.0 Å². The van der Waals surface area contributed by atoms with Crippen molar-refractivity contribution < 1.29 is 13.5 Å². The van der Waals surface area contributed by atoms with E-state index >= 15 is 4.39 Å². The SMILES string of the molecule is C#Cc1cc(O[C@H]2C[C@@H]2F)c(C#N)c(-c2c(-c3ccc4c(=O)[nH]nc(CN)c4c3)cnn2C)c1F. The zero-order valence-corrected chi connectivity index (χ0v) is 18.5. The maximum absolute atomic E-state index is 15.7. The van der Waals surface area contributed by atoms with Gasteiger partial charge in [0.15, 0.2) is 0 Å². The molecule has 4 aromatic rings. The van der Waals surface area contributed by atoms with Crippen LogP contribution >= 0.6 is 0 Å². The number of fused-ring (bicyclic) bond motifs is 1. The lowest BCUT2D eigenvalue weighted by Gasteiger charge is -2.15. The third-order valence-electron chi connectivity index (χ3n) is 5.98. The first kappa shape index (κ1) is 22.3. The number of nitriles is 1. The molecule has 2 atom stereocenters. The van der Waals surface area contributed by atoms with E-state index in [1.54, 1.807) is 25.2 Å². The van der Waals surface area contributed by atoms with Crippen LogP contribution in [0.2, 0.25) is 0 Å². The van der Waals surface area contributed by atoms with Crippen molar-refractivity contribution in [3.8, 4) is 46.5 Å². The quantitative estimate of drug-likeness (QED) is 0.431. The Morgan fingerprint density at radius 1 is 1.37 bits per heavy atom. The molecule has 10 heteroatoms. The molecule has 0 saturated heterocycles. The molecule has 0 radical (unpaired) electrons. The molecule has 1 saturated carbocycles. The lowest BCUT2D eigenvalue weighted by Crippen LogP contribution is -2.13. The highest BCUT2D eigenvalue weighted by molar-refractivity contribution is 5.92. The first-order valence-electron chi connectivity index (χ1n) is 10.7. The van der Waals surface area contributed by atoms with Gasteiger partial charge in [-0.25, -0.2) is 13.9 Å². The van der Waals surface area contributed by atoms with Gasteiger partial charge < -0.3 is 10.5 Å². The number of benzene rings is 2. The van der Waals surface area contributed by atoms with Crippen molar-refractivity contribution in [2.75, 3.05) is 0 Å². The second-order valence-electron chi connectivity index (χ2n) is 8.14. The van der Waals surface area contributed by atoms with Crippen molar-refractivity contribution in [2.45, 2.75) is 25.2 Å². The van der Waals surface area contributed by atoms with Gasteiger partial charge in [-0.1, -0.05) is 12.0 Å². The van der Waals surface area contributed by atoms with E-state index in [1.807, 2.05) is 6.07 Å². The summed E-state index contributed by atoms with van der Waals surface area (Å²) in [4.78, 5) is 12.2. The number of H-pyrrole nitrogens is 1. The third-order valence-corrected chi connectivity index (χ3v) is 5.98. The fraction of sp³-hybridized carbons (Fsp3) is 0.200. The Hall–Kier alpha value is -4.54. The summed E-state index contributed by atoms with van der Waals surface area (Å²) in [6, 6.07) is 8.23. The number of rotatable bonds is 5. The number of hydrogen-bond donors (Lipinski definition) is 2. The minimum atomic E-state index is -1.15. The summed E-state index contributed by atoms with van der Waals surface area (Å²) in [7, 11) is 1.60. The van der Waals surface area contributed by atoms with Crippen molar-refractivity contribution in [1.82, 2.24) is 20.0 Å². The zero-order chi connectivity index (χ0) is 24.9. The second-order valence-corrected chi connectivity index (χ2v) is 8.14. The average Bonchev–Trinajstić information content (AvgIpc) is 3.42. The molecule has 0 unspecified atom stereocenters.